The molecule has 0 aliphatic carbocycles. The molecule has 0 aliphatic heterocycles. The molecule has 2 N–H and O–H groups in total. The monoisotopic (exact) mass is 275 g/mol. The summed E-state index contributed by atoms with van der Waals surface area (Å²) in [5.41, 5.74) is 3.78. The molecule has 0 spiro atoms. The van der Waals surface area contributed by atoms with Crippen molar-refractivity contribution in [1.82, 2.24) is 5.32 Å². The lowest BCUT2D eigenvalue weighted by Crippen LogP contribution is -2.16. The number of nitrogens with one attached hydrogen (secondary N) is 1. The molecular weight excluding hydrogens is 246 g/mol. The van der Waals surface area contributed by atoms with Gasteiger partial charge in [-0.2, -0.15) is 0 Å². The Balaban J connectivity index is 2.71. The van der Waals surface area contributed by atoms with Crippen LogP contribution in [-0.2, 0) is 0 Å². The Hall–Kier alpha value is -1.28. The predicted molar refractivity (Wildman–Crippen MR) is 88.1 cm³/mol. The fourth-order valence-electron chi connectivity index (χ4n) is 2.27. The van der Waals surface area contributed by atoms with Crippen LogP contribution in [0.5, 0.6) is 5.75 Å². The minimum atomic E-state index is 0.354. The Morgan fingerprint density at radius 1 is 1.20 bits per heavy atom. The summed E-state index contributed by atoms with van der Waals surface area (Å²) in [5.74, 6) is 0.354. The molecule has 1 aromatic rings. The predicted octanol–water partition coefficient (Wildman–Crippen LogP) is 4.66. The molecule has 0 radical (unpaired) electrons. The first kappa shape index (κ1) is 16.8. The fraction of sp³-hybridized carbons (Fsp3) is 0.556. The van der Waals surface area contributed by atoms with Gasteiger partial charge in [0.1, 0.15) is 5.75 Å². The fourth-order valence-corrected chi connectivity index (χ4v) is 2.27. The highest BCUT2D eigenvalue weighted by atomic mass is 16.3. The van der Waals surface area contributed by atoms with Crippen LogP contribution in [0.25, 0.3) is 5.57 Å². The van der Waals surface area contributed by atoms with Crippen molar-refractivity contribution in [2.24, 2.45) is 0 Å². The first-order valence-corrected chi connectivity index (χ1v) is 7.88. The lowest BCUT2D eigenvalue weighted by atomic mass is 9.96. The van der Waals surface area contributed by atoms with E-state index in [1.54, 1.807) is 6.07 Å². The highest BCUT2D eigenvalue weighted by Crippen LogP contribution is 2.26. The molecule has 112 valence electrons. The zero-order chi connectivity index (χ0) is 14.8. The molecule has 2 heteroatoms. The van der Waals surface area contributed by atoms with Crippen LogP contribution < -0.4 is 5.32 Å². The number of hydrogen-bond donors (Lipinski definition) is 2. The van der Waals surface area contributed by atoms with Gasteiger partial charge in [-0.15, -0.1) is 0 Å². The normalized spacial score (nSPS) is 11.8. The molecule has 0 bridgehead atoms. The van der Waals surface area contributed by atoms with Crippen molar-refractivity contribution in [2.75, 3.05) is 13.1 Å². The van der Waals surface area contributed by atoms with Crippen LogP contribution in [0.3, 0.4) is 0 Å². The Kier molecular flexibility index (Phi) is 8.05. The second-order valence-electron chi connectivity index (χ2n) is 5.37. The number of rotatable bonds is 9. The molecule has 20 heavy (non-hydrogen) atoms. The van der Waals surface area contributed by atoms with Crippen LogP contribution in [-0.4, -0.2) is 18.2 Å². The van der Waals surface area contributed by atoms with Crippen molar-refractivity contribution in [2.45, 2.75) is 52.9 Å². The number of phenols is 1. The molecular formula is C18H29NO. The van der Waals surface area contributed by atoms with Crippen molar-refractivity contribution >= 4 is 5.57 Å². The van der Waals surface area contributed by atoms with Gasteiger partial charge < -0.3 is 10.4 Å². The quantitative estimate of drug-likeness (QED) is 0.642. The van der Waals surface area contributed by atoms with Crippen LogP contribution in [0.2, 0.25) is 0 Å². The van der Waals surface area contributed by atoms with Crippen molar-refractivity contribution in [3.63, 3.8) is 0 Å². The molecule has 2 nitrogen and oxygen atoms in total. The van der Waals surface area contributed by atoms with Crippen LogP contribution in [0.15, 0.2) is 24.3 Å². The van der Waals surface area contributed by atoms with Crippen molar-refractivity contribution < 1.29 is 5.11 Å². The van der Waals surface area contributed by atoms with Crippen molar-refractivity contribution in [3.05, 3.63) is 35.4 Å². The number of aromatic hydroxyl groups is 1. The summed E-state index contributed by atoms with van der Waals surface area (Å²) in [6, 6.07) is 5.65. The average molecular weight is 275 g/mol. The van der Waals surface area contributed by atoms with Gasteiger partial charge in [-0.1, -0.05) is 38.8 Å². The molecule has 0 fully saturated rings. The van der Waals surface area contributed by atoms with E-state index >= 15 is 0 Å². The first-order chi connectivity index (χ1) is 9.69. The third kappa shape index (κ3) is 5.79. The number of benzene rings is 1. The van der Waals surface area contributed by atoms with Gasteiger partial charge in [-0.05, 0) is 68.1 Å². The smallest absolute Gasteiger partial charge is 0.116 e. The van der Waals surface area contributed by atoms with E-state index in [9.17, 15) is 5.11 Å². The number of allylic oxidation sites excluding steroid dienone is 1. The Morgan fingerprint density at radius 2 is 2.00 bits per heavy atom. The van der Waals surface area contributed by atoms with E-state index in [4.69, 9.17) is 0 Å². The topological polar surface area (TPSA) is 32.3 Å². The van der Waals surface area contributed by atoms with Gasteiger partial charge in [0.2, 0.25) is 0 Å². The van der Waals surface area contributed by atoms with Crippen molar-refractivity contribution in [1.29, 1.82) is 0 Å². The SMILES string of the molecule is CCC/C=C(/CCNCCCC)c1cc(O)ccc1C. The maximum Gasteiger partial charge on any atom is 0.116 e. The van der Waals surface area contributed by atoms with Gasteiger partial charge >= 0.3 is 0 Å². The molecule has 0 aromatic heterocycles. The van der Waals surface area contributed by atoms with E-state index < -0.39 is 0 Å². The molecule has 0 amide bonds. The molecule has 0 heterocycles. The summed E-state index contributed by atoms with van der Waals surface area (Å²) in [6.45, 7) is 8.62. The number of aryl methyl sites for hydroxylation is 1. The Bertz CT molecular complexity index is 423. The summed E-state index contributed by atoms with van der Waals surface area (Å²) in [5, 5.41) is 13.2. The summed E-state index contributed by atoms with van der Waals surface area (Å²) >= 11 is 0. The zero-order valence-electron chi connectivity index (χ0n) is 13.2. The molecule has 0 atom stereocenters. The third-order valence-electron chi connectivity index (χ3n) is 3.52. The van der Waals surface area contributed by atoms with Gasteiger partial charge in [-0.3, -0.25) is 0 Å². The second kappa shape index (κ2) is 9.60. The van der Waals surface area contributed by atoms with E-state index in [2.05, 4.69) is 32.2 Å². The van der Waals surface area contributed by atoms with Gasteiger partial charge in [0.25, 0.3) is 0 Å². The standard InChI is InChI=1S/C18H29NO/c1-4-6-8-16(11-13-19-12-7-5-2)18-14-17(20)10-9-15(18)3/h8-10,14,19-20H,4-7,11-13H2,1-3H3/b16-8-. The molecule has 0 saturated carbocycles. The molecule has 1 rings (SSSR count). The molecule has 0 unspecified atom stereocenters. The largest absolute Gasteiger partial charge is 0.508 e. The van der Waals surface area contributed by atoms with E-state index in [0.29, 0.717) is 5.75 Å². The van der Waals surface area contributed by atoms with Gasteiger partial charge in [0.15, 0.2) is 0 Å². The van der Waals surface area contributed by atoms with E-state index in [1.165, 1.54) is 29.5 Å². The maximum atomic E-state index is 9.71. The van der Waals surface area contributed by atoms with E-state index in [-0.39, 0.29) is 0 Å². The van der Waals surface area contributed by atoms with Gasteiger partial charge in [0, 0.05) is 0 Å². The highest BCUT2D eigenvalue weighted by Gasteiger charge is 2.06. The van der Waals surface area contributed by atoms with Gasteiger partial charge in [0.05, 0.1) is 0 Å². The second-order valence-corrected chi connectivity index (χ2v) is 5.37. The average Bonchev–Trinajstić information content (AvgIpc) is 2.45. The van der Waals surface area contributed by atoms with Crippen LogP contribution >= 0.6 is 0 Å². The minimum Gasteiger partial charge on any atom is -0.508 e. The third-order valence-corrected chi connectivity index (χ3v) is 3.52. The van der Waals surface area contributed by atoms with Crippen molar-refractivity contribution in [3.8, 4) is 5.75 Å². The summed E-state index contributed by atoms with van der Waals surface area (Å²) in [7, 11) is 0. The number of phenolic OH excluding ortho intramolecular Hbond substituents is 1. The lowest BCUT2D eigenvalue weighted by molar-refractivity contribution is 0.475. The molecule has 0 aliphatic rings. The van der Waals surface area contributed by atoms with E-state index in [0.717, 1.165) is 32.4 Å². The molecule has 0 saturated heterocycles. The first-order valence-electron chi connectivity index (χ1n) is 7.88. The van der Waals surface area contributed by atoms with Gasteiger partial charge in [-0.25, -0.2) is 0 Å². The maximum absolute atomic E-state index is 9.71. The van der Waals surface area contributed by atoms with E-state index in [1.807, 2.05) is 12.1 Å². The Labute approximate surface area is 123 Å². The summed E-state index contributed by atoms with van der Waals surface area (Å²) < 4.78 is 0. The summed E-state index contributed by atoms with van der Waals surface area (Å²) in [4.78, 5) is 0. The minimum absolute atomic E-state index is 0.354. The number of hydrogen-bond acceptors (Lipinski definition) is 2. The van der Waals surface area contributed by atoms with Crippen LogP contribution in [0.4, 0.5) is 0 Å². The molecule has 1 aromatic carbocycles. The van der Waals surface area contributed by atoms with Crippen LogP contribution in [0.1, 0.15) is 57.1 Å². The summed E-state index contributed by atoms with van der Waals surface area (Å²) in [6.07, 6.45) is 8.07. The lowest BCUT2D eigenvalue weighted by Gasteiger charge is -2.12. The number of unbranched alkanes of at least 4 members (excludes halogenated alkanes) is 2. The Morgan fingerprint density at radius 3 is 2.70 bits per heavy atom. The van der Waals surface area contributed by atoms with Crippen LogP contribution in [0, 0.1) is 6.92 Å². The highest BCUT2D eigenvalue weighted by molar-refractivity contribution is 5.69. The zero-order valence-corrected chi connectivity index (χ0v) is 13.2.